The highest BCUT2D eigenvalue weighted by molar-refractivity contribution is 8.00. The number of para-hydroxylation sites is 2. The lowest BCUT2D eigenvalue weighted by Gasteiger charge is -2.10. The van der Waals surface area contributed by atoms with E-state index in [2.05, 4.69) is 15.3 Å². The monoisotopic (exact) mass is 436 g/mol. The maximum absolute atomic E-state index is 12.8. The SMILES string of the molecule is CC(=O)n1c(S[C@H](C)C(=O)Nc2nc(-c3ccccc3)c(C)s2)nc2ccccc21. The number of aryl methyl sites for hydroxylation is 1. The van der Waals surface area contributed by atoms with Gasteiger partial charge in [-0.15, -0.1) is 11.3 Å². The van der Waals surface area contributed by atoms with Crippen LogP contribution < -0.4 is 5.32 Å². The number of carbonyl (C=O) groups is 2. The summed E-state index contributed by atoms with van der Waals surface area (Å²) in [6.45, 7) is 5.28. The van der Waals surface area contributed by atoms with Crippen LogP contribution in [0.2, 0.25) is 0 Å². The van der Waals surface area contributed by atoms with Crippen molar-refractivity contribution in [2.75, 3.05) is 5.32 Å². The van der Waals surface area contributed by atoms with Gasteiger partial charge in [-0.1, -0.05) is 54.2 Å². The predicted octanol–water partition coefficient (Wildman–Crippen LogP) is 5.25. The Bertz CT molecular complexity index is 1230. The minimum atomic E-state index is -0.454. The van der Waals surface area contributed by atoms with E-state index in [4.69, 9.17) is 0 Å². The van der Waals surface area contributed by atoms with Crippen LogP contribution in [0.15, 0.2) is 59.8 Å². The normalized spacial score (nSPS) is 12.1. The third kappa shape index (κ3) is 4.01. The average Bonchev–Trinajstić information content (AvgIpc) is 3.28. The van der Waals surface area contributed by atoms with Gasteiger partial charge in [0.25, 0.3) is 0 Å². The largest absolute Gasteiger partial charge is 0.301 e. The summed E-state index contributed by atoms with van der Waals surface area (Å²) < 4.78 is 1.55. The molecule has 0 spiro atoms. The number of nitrogens with zero attached hydrogens (tertiary/aromatic N) is 3. The Labute approximate surface area is 182 Å². The summed E-state index contributed by atoms with van der Waals surface area (Å²) in [5.74, 6) is -0.322. The molecule has 0 fully saturated rings. The highest BCUT2D eigenvalue weighted by Gasteiger charge is 2.22. The molecule has 0 aliphatic carbocycles. The van der Waals surface area contributed by atoms with Gasteiger partial charge in [0.05, 0.1) is 22.0 Å². The van der Waals surface area contributed by atoms with E-state index < -0.39 is 5.25 Å². The molecule has 1 amide bonds. The molecule has 0 aliphatic rings. The van der Waals surface area contributed by atoms with Crippen LogP contribution in [0, 0.1) is 6.92 Å². The lowest BCUT2D eigenvalue weighted by molar-refractivity contribution is -0.115. The second-order valence-electron chi connectivity index (χ2n) is 6.78. The van der Waals surface area contributed by atoms with E-state index in [1.54, 1.807) is 11.5 Å². The molecule has 1 atom stereocenters. The summed E-state index contributed by atoms with van der Waals surface area (Å²) in [5.41, 5.74) is 3.35. The van der Waals surface area contributed by atoms with Gasteiger partial charge < -0.3 is 5.32 Å². The van der Waals surface area contributed by atoms with Crippen molar-refractivity contribution in [2.45, 2.75) is 31.2 Å². The van der Waals surface area contributed by atoms with E-state index in [1.165, 1.54) is 30.0 Å². The van der Waals surface area contributed by atoms with Crippen LogP contribution in [0.3, 0.4) is 0 Å². The van der Waals surface area contributed by atoms with Crippen LogP contribution in [-0.2, 0) is 4.79 Å². The van der Waals surface area contributed by atoms with Crippen molar-refractivity contribution in [2.24, 2.45) is 0 Å². The summed E-state index contributed by atoms with van der Waals surface area (Å²) in [6, 6.07) is 17.3. The van der Waals surface area contributed by atoms with E-state index in [9.17, 15) is 9.59 Å². The van der Waals surface area contributed by atoms with Crippen LogP contribution in [0.25, 0.3) is 22.3 Å². The van der Waals surface area contributed by atoms with Gasteiger partial charge in [-0.25, -0.2) is 9.97 Å². The summed E-state index contributed by atoms with van der Waals surface area (Å²) in [5, 5.41) is 3.51. The molecule has 30 heavy (non-hydrogen) atoms. The van der Waals surface area contributed by atoms with Crippen LogP contribution in [0.1, 0.15) is 23.5 Å². The first-order valence-corrected chi connectivity index (χ1v) is 11.1. The molecule has 0 unspecified atom stereocenters. The maximum Gasteiger partial charge on any atom is 0.239 e. The molecule has 8 heteroatoms. The van der Waals surface area contributed by atoms with Crippen molar-refractivity contribution in [1.82, 2.24) is 14.5 Å². The minimum Gasteiger partial charge on any atom is -0.301 e. The molecule has 2 aromatic heterocycles. The molecule has 152 valence electrons. The molecule has 0 saturated carbocycles. The quantitative estimate of drug-likeness (QED) is 0.433. The van der Waals surface area contributed by atoms with Crippen molar-refractivity contribution in [3.8, 4) is 11.3 Å². The zero-order valence-electron chi connectivity index (χ0n) is 16.7. The lowest BCUT2D eigenvalue weighted by atomic mass is 10.1. The highest BCUT2D eigenvalue weighted by Crippen LogP contribution is 2.32. The summed E-state index contributed by atoms with van der Waals surface area (Å²) >= 11 is 2.70. The first kappa shape index (κ1) is 20.3. The van der Waals surface area contributed by atoms with Gasteiger partial charge in [0.1, 0.15) is 0 Å². The Morgan fingerprint density at radius 2 is 1.77 bits per heavy atom. The van der Waals surface area contributed by atoms with E-state index in [0.717, 1.165) is 27.2 Å². The van der Waals surface area contributed by atoms with Crippen LogP contribution in [0.5, 0.6) is 0 Å². The smallest absolute Gasteiger partial charge is 0.239 e. The van der Waals surface area contributed by atoms with Crippen LogP contribution in [-0.4, -0.2) is 31.6 Å². The number of amides is 1. The number of benzene rings is 2. The number of rotatable bonds is 5. The topological polar surface area (TPSA) is 76.9 Å². The number of thioether (sulfide) groups is 1. The maximum atomic E-state index is 12.8. The first-order valence-electron chi connectivity index (χ1n) is 9.43. The van der Waals surface area contributed by atoms with Crippen molar-refractivity contribution in [1.29, 1.82) is 0 Å². The first-order chi connectivity index (χ1) is 14.4. The third-order valence-electron chi connectivity index (χ3n) is 4.57. The Morgan fingerprint density at radius 1 is 1.07 bits per heavy atom. The zero-order valence-corrected chi connectivity index (χ0v) is 18.4. The van der Waals surface area contributed by atoms with Gasteiger partial charge in [0, 0.05) is 17.4 Å². The fourth-order valence-electron chi connectivity index (χ4n) is 3.12. The third-order valence-corrected chi connectivity index (χ3v) is 6.51. The van der Waals surface area contributed by atoms with Crippen molar-refractivity contribution in [3.63, 3.8) is 0 Å². The number of thiazole rings is 1. The van der Waals surface area contributed by atoms with Crippen molar-refractivity contribution < 1.29 is 9.59 Å². The van der Waals surface area contributed by atoms with Crippen LogP contribution in [0.4, 0.5) is 5.13 Å². The van der Waals surface area contributed by atoms with Gasteiger partial charge in [-0.05, 0) is 26.0 Å². The molecule has 0 bridgehead atoms. The van der Waals surface area contributed by atoms with Gasteiger partial charge in [-0.2, -0.15) is 0 Å². The fraction of sp³-hybridized carbons (Fsp3) is 0.182. The Morgan fingerprint density at radius 3 is 2.50 bits per heavy atom. The molecule has 1 N–H and O–H groups in total. The Hall–Kier alpha value is -2.97. The summed E-state index contributed by atoms with van der Waals surface area (Å²) in [6.07, 6.45) is 0. The number of imidazole rings is 1. The number of hydrogen-bond donors (Lipinski definition) is 1. The van der Waals surface area contributed by atoms with E-state index >= 15 is 0 Å². The summed E-state index contributed by atoms with van der Waals surface area (Å²) in [7, 11) is 0. The standard InChI is InChI=1S/C22H20N4O2S2/c1-13-19(16-9-5-4-6-10-16)24-21(29-13)25-20(28)14(2)30-22-23-17-11-7-8-12-18(17)26(22)15(3)27/h4-12,14H,1-3H3,(H,24,25,28)/t14-/m1/s1. The number of aromatic nitrogens is 3. The minimum absolute atomic E-state index is 0.137. The van der Waals surface area contributed by atoms with Gasteiger partial charge in [0.2, 0.25) is 11.8 Å². The number of fused-ring (bicyclic) bond motifs is 1. The molecule has 2 heterocycles. The summed E-state index contributed by atoms with van der Waals surface area (Å²) in [4.78, 5) is 35.1. The zero-order chi connectivity index (χ0) is 21.3. The van der Waals surface area contributed by atoms with Crippen molar-refractivity contribution >= 4 is 51.1 Å². The molecular formula is C22H20N4O2S2. The van der Waals surface area contributed by atoms with Gasteiger partial charge in [-0.3, -0.25) is 14.2 Å². The molecular weight excluding hydrogens is 416 g/mol. The van der Waals surface area contributed by atoms with Crippen LogP contribution >= 0.6 is 23.1 Å². The van der Waals surface area contributed by atoms with Crippen molar-refractivity contribution in [3.05, 3.63) is 59.5 Å². The predicted molar refractivity (Wildman–Crippen MR) is 122 cm³/mol. The molecule has 0 radical (unpaired) electrons. The molecule has 4 rings (SSSR count). The number of carbonyl (C=O) groups excluding carboxylic acids is 2. The molecule has 0 aliphatic heterocycles. The number of nitrogens with one attached hydrogen (secondary N) is 1. The molecule has 0 saturated heterocycles. The van der Waals surface area contributed by atoms with Gasteiger partial charge >= 0.3 is 0 Å². The van der Waals surface area contributed by atoms with E-state index in [-0.39, 0.29) is 11.8 Å². The fourth-order valence-corrected chi connectivity index (χ4v) is 4.92. The van der Waals surface area contributed by atoms with E-state index in [1.807, 2.05) is 61.5 Å². The second kappa shape index (κ2) is 8.41. The number of hydrogen-bond acceptors (Lipinski definition) is 6. The molecule has 4 aromatic rings. The lowest BCUT2D eigenvalue weighted by Crippen LogP contribution is -2.23. The Kier molecular flexibility index (Phi) is 5.69. The number of anilines is 1. The second-order valence-corrected chi connectivity index (χ2v) is 9.29. The van der Waals surface area contributed by atoms with Gasteiger partial charge in [0.15, 0.2) is 10.3 Å². The highest BCUT2D eigenvalue weighted by atomic mass is 32.2. The average molecular weight is 437 g/mol. The molecule has 2 aromatic carbocycles. The molecule has 6 nitrogen and oxygen atoms in total. The Balaban J connectivity index is 1.52. The van der Waals surface area contributed by atoms with E-state index in [0.29, 0.717) is 10.3 Å².